The molecule has 0 radical (unpaired) electrons. The Labute approximate surface area is 297 Å². The van der Waals surface area contributed by atoms with Gasteiger partial charge in [-0.15, -0.1) is 93.9 Å². The molecular weight excluding hydrogens is 742 g/mol. The number of fused-ring (bicyclic) bond motifs is 2. The number of aryl methyl sites for hydroxylation is 2. The van der Waals surface area contributed by atoms with Crippen LogP contribution in [0.1, 0.15) is 57.1 Å². The molecule has 0 aliphatic rings. The number of hydrogen-bond acceptors (Lipinski definition) is 0. The van der Waals surface area contributed by atoms with Gasteiger partial charge in [-0.25, -0.2) is 0 Å². The van der Waals surface area contributed by atoms with E-state index in [1.54, 1.807) is 0 Å². The second kappa shape index (κ2) is 21.3. The molecule has 0 heterocycles. The van der Waals surface area contributed by atoms with E-state index in [0.29, 0.717) is 0 Å². The summed E-state index contributed by atoms with van der Waals surface area (Å²) >= 11 is 0. The third kappa shape index (κ3) is 10.9. The summed E-state index contributed by atoms with van der Waals surface area (Å²) in [6.07, 6.45) is 8.20. The van der Waals surface area contributed by atoms with E-state index in [2.05, 4.69) is 149 Å². The third-order valence-corrected chi connectivity index (χ3v) is 7.43. The van der Waals surface area contributed by atoms with E-state index in [4.69, 9.17) is 0 Å². The molecule has 0 amide bonds. The molecule has 44 heavy (non-hydrogen) atoms. The first-order valence-electron chi connectivity index (χ1n) is 15.2. The van der Waals surface area contributed by atoms with E-state index in [-0.39, 0.29) is 50.7 Å². The van der Waals surface area contributed by atoms with Gasteiger partial charge in [-0.05, 0) is 24.0 Å². The summed E-state index contributed by atoms with van der Waals surface area (Å²) in [5.74, 6) is 0. The molecule has 0 atom stereocenters. The molecule has 0 bridgehead atoms. The first-order chi connectivity index (χ1) is 20.2. The van der Waals surface area contributed by atoms with Crippen molar-refractivity contribution in [1.82, 2.24) is 0 Å². The molecule has 0 saturated carbocycles. The number of benzene rings is 4. The predicted molar refractivity (Wildman–Crippen MR) is 197 cm³/mol. The Balaban J connectivity index is 0.000000380. The fourth-order valence-corrected chi connectivity index (χ4v) is 5.38. The van der Waals surface area contributed by atoms with Gasteiger partial charge in [0.05, 0.1) is 0 Å². The van der Waals surface area contributed by atoms with Gasteiger partial charge < -0.3 is 20.3 Å². The van der Waals surface area contributed by atoms with E-state index in [9.17, 15) is 0 Å². The number of rotatable bonds is 8. The Bertz CT molecular complexity index is 1470. The van der Waals surface area contributed by atoms with Gasteiger partial charge in [0.15, 0.2) is 0 Å². The Kier molecular flexibility index (Phi) is 19.2. The van der Waals surface area contributed by atoms with Crippen LogP contribution in [0.15, 0.2) is 121 Å². The minimum atomic E-state index is 0. The Hall–Kier alpha value is -2.45. The standard InChI is InChI=1S/2C19H19.C3H6.2ClH.Hf/c2*1-2-3-8-15-13-17-11-7-12-18(19(17)14-15)16-9-5-4-6-10-16;1-3-2;;;/h2*4-7,9-14H,2-3,8H2,1H3;1-3H2;2*1H;/q2*-1;-2;;;+4. The second-order valence-corrected chi connectivity index (χ2v) is 10.6. The van der Waals surface area contributed by atoms with Crippen LogP contribution in [-0.4, -0.2) is 0 Å². The van der Waals surface area contributed by atoms with Crippen molar-refractivity contribution in [3.63, 3.8) is 0 Å². The van der Waals surface area contributed by atoms with Crippen molar-refractivity contribution in [3.8, 4) is 22.3 Å². The van der Waals surface area contributed by atoms with Crippen molar-refractivity contribution < 1.29 is 25.8 Å². The van der Waals surface area contributed by atoms with Gasteiger partial charge >= 0.3 is 25.8 Å². The maximum absolute atomic E-state index is 3.38. The van der Waals surface area contributed by atoms with Gasteiger partial charge in [-0.1, -0.05) is 123 Å². The average Bonchev–Trinajstić information content (AvgIpc) is 3.64. The monoisotopic (exact) mass is 788 g/mol. The molecule has 0 spiro atoms. The van der Waals surface area contributed by atoms with Crippen LogP contribution in [0.2, 0.25) is 0 Å². The van der Waals surface area contributed by atoms with Crippen molar-refractivity contribution >= 4 is 46.4 Å². The molecule has 0 unspecified atom stereocenters. The Morgan fingerprint density at radius 3 is 1.23 bits per heavy atom. The molecule has 6 aromatic carbocycles. The number of unbranched alkanes of at least 4 members (excludes halogenated alkanes) is 2. The number of hydrogen-bond donors (Lipinski definition) is 0. The Morgan fingerprint density at radius 1 is 0.523 bits per heavy atom. The first-order valence-corrected chi connectivity index (χ1v) is 15.2. The van der Waals surface area contributed by atoms with Gasteiger partial charge in [0, 0.05) is 0 Å². The molecule has 6 aromatic rings. The molecule has 0 aromatic heterocycles. The van der Waals surface area contributed by atoms with Crippen molar-refractivity contribution in [2.24, 2.45) is 0 Å². The molecular formula is C41H46Cl2Hf. The zero-order valence-electron chi connectivity index (χ0n) is 26.2. The fourth-order valence-electron chi connectivity index (χ4n) is 5.38. The van der Waals surface area contributed by atoms with Gasteiger partial charge in [-0.2, -0.15) is 12.1 Å². The van der Waals surface area contributed by atoms with Crippen LogP contribution in [0.4, 0.5) is 0 Å². The van der Waals surface area contributed by atoms with Crippen LogP contribution in [0.5, 0.6) is 0 Å². The summed E-state index contributed by atoms with van der Waals surface area (Å²) in [5.41, 5.74) is 8.25. The molecule has 0 aliphatic heterocycles. The van der Waals surface area contributed by atoms with Crippen LogP contribution < -0.4 is 0 Å². The van der Waals surface area contributed by atoms with Crippen LogP contribution in [-0.2, 0) is 38.7 Å². The van der Waals surface area contributed by atoms with Crippen molar-refractivity contribution in [3.05, 3.63) is 146 Å². The number of halogens is 2. The molecule has 6 rings (SSSR count). The minimum Gasteiger partial charge on any atom is -0.372 e. The zero-order chi connectivity index (χ0) is 28.9. The molecule has 0 aliphatic carbocycles. The molecule has 228 valence electrons. The van der Waals surface area contributed by atoms with Crippen LogP contribution >= 0.6 is 24.8 Å². The van der Waals surface area contributed by atoms with Crippen molar-refractivity contribution in [2.75, 3.05) is 0 Å². The quantitative estimate of drug-likeness (QED) is 0.106. The largest absolute Gasteiger partial charge is 4.00 e. The molecule has 0 N–H and O–H groups in total. The van der Waals surface area contributed by atoms with Crippen LogP contribution in [0.25, 0.3) is 43.8 Å². The summed E-state index contributed by atoms with van der Waals surface area (Å²) in [5, 5.41) is 5.51. The molecule has 0 fully saturated rings. The summed E-state index contributed by atoms with van der Waals surface area (Å²) < 4.78 is 0. The Morgan fingerprint density at radius 2 is 0.886 bits per heavy atom. The maximum atomic E-state index is 3.38. The summed E-state index contributed by atoms with van der Waals surface area (Å²) in [6, 6.07) is 44.0. The minimum absolute atomic E-state index is 0. The smallest absolute Gasteiger partial charge is 0.372 e. The maximum Gasteiger partial charge on any atom is 4.00 e. The summed E-state index contributed by atoms with van der Waals surface area (Å²) in [6.45, 7) is 11.2. The average molecular weight is 788 g/mol. The van der Waals surface area contributed by atoms with Crippen molar-refractivity contribution in [1.29, 1.82) is 0 Å². The van der Waals surface area contributed by atoms with Gasteiger partial charge in [0.25, 0.3) is 0 Å². The molecule has 0 nitrogen and oxygen atoms in total. The zero-order valence-corrected chi connectivity index (χ0v) is 31.5. The SMILES string of the molecule is CCCCc1cc2c(-c3ccccc3)cccc2[cH-]1.CCCCc1cc2c(-c3ccccc3)cccc2[cH-]1.Cl.Cl.[CH2-]C[CH2-].[Hf+4]. The molecule has 0 saturated heterocycles. The van der Waals surface area contributed by atoms with Crippen LogP contribution in [0.3, 0.4) is 0 Å². The van der Waals surface area contributed by atoms with Gasteiger partial charge in [0.2, 0.25) is 0 Å². The third-order valence-electron chi connectivity index (χ3n) is 7.43. The normalized spacial score (nSPS) is 9.91. The van der Waals surface area contributed by atoms with Gasteiger partial charge in [0.1, 0.15) is 0 Å². The topological polar surface area (TPSA) is 0 Å². The second-order valence-electron chi connectivity index (χ2n) is 10.6. The van der Waals surface area contributed by atoms with E-state index >= 15 is 0 Å². The predicted octanol–water partition coefficient (Wildman–Crippen LogP) is 13.0. The molecule has 3 heteroatoms. The fraction of sp³-hybridized carbons (Fsp3) is 0.220. The van der Waals surface area contributed by atoms with E-state index < -0.39 is 0 Å². The summed E-state index contributed by atoms with van der Waals surface area (Å²) in [7, 11) is 0. The van der Waals surface area contributed by atoms with E-state index in [1.807, 2.05) is 0 Å². The van der Waals surface area contributed by atoms with Crippen LogP contribution in [0, 0.1) is 13.8 Å². The van der Waals surface area contributed by atoms with E-state index in [0.717, 1.165) is 6.42 Å². The van der Waals surface area contributed by atoms with E-state index in [1.165, 1.54) is 93.5 Å². The van der Waals surface area contributed by atoms with Gasteiger partial charge in [-0.3, -0.25) is 0 Å². The first kappa shape index (κ1) is 39.6. The summed E-state index contributed by atoms with van der Waals surface area (Å²) in [4.78, 5) is 0. The van der Waals surface area contributed by atoms with Crippen molar-refractivity contribution in [2.45, 2.75) is 58.8 Å².